The van der Waals surface area contributed by atoms with Gasteiger partial charge in [0.05, 0.1) is 11.6 Å². The minimum absolute atomic E-state index is 0.0732. The Labute approximate surface area is 136 Å². The quantitative estimate of drug-likeness (QED) is 0.931. The largest absolute Gasteiger partial charge is 0.353 e. The van der Waals surface area contributed by atoms with Crippen molar-refractivity contribution in [2.24, 2.45) is 11.8 Å². The molecule has 1 aliphatic carbocycles. The van der Waals surface area contributed by atoms with Gasteiger partial charge in [0.25, 0.3) is 0 Å². The first-order valence-corrected chi connectivity index (χ1v) is 8.41. The molecule has 3 rings (SSSR count). The molecule has 0 bridgehead atoms. The second-order valence-electron chi connectivity index (χ2n) is 6.73. The van der Waals surface area contributed by atoms with Crippen molar-refractivity contribution in [2.75, 3.05) is 11.4 Å². The van der Waals surface area contributed by atoms with E-state index in [-0.39, 0.29) is 36.5 Å². The molecular weight excluding hydrogens is 295 g/mol. The molecule has 2 fully saturated rings. The van der Waals surface area contributed by atoms with Crippen molar-refractivity contribution in [3.63, 3.8) is 0 Å². The third-order valence-electron chi connectivity index (χ3n) is 5.08. The predicted octanol–water partition coefficient (Wildman–Crippen LogP) is 2.87. The standard InChI is InChI=1S/C18H23FN2O2/c1-12-6-2-4-8-15(12)20-18(23)13-10-17(22)21(11-13)16-9-5-3-7-14(16)19/h3,5,7,9,12-13,15H,2,4,6,8,10-11H2,1H3,(H,20,23)/t12-,13+,15+/m1/s1. The summed E-state index contributed by atoms with van der Waals surface area (Å²) in [5, 5.41) is 3.11. The van der Waals surface area contributed by atoms with Crippen LogP contribution in [0.5, 0.6) is 0 Å². The van der Waals surface area contributed by atoms with E-state index in [0.717, 1.165) is 19.3 Å². The van der Waals surface area contributed by atoms with Crippen LogP contribution in [0.2, 0.25) is 0 Å². The number of carbonyl (C=O) groups is 2. The summed E-state index contributed by atoms with van der Waals surface area (Å²) in [6.45, 7) is 2.42. The molecule has 0 radical (unpaired) electrons. The maximum Gasteiger partial charge on any atom is 0.227 e. The van der Waals surface area contributed by atoms with Gasteiger partial charge in [-0.2, -0.15) is 0 Å². The molecule has 1 aromatic carbocycles. The Kier molecular flexibility index (Phi) is 4.64. The first-order valence-electron chi connectivity index (χ1n) is 8.41. The number of amides is 2. The van der Waals surface area contributed by atoms with Crippen LogP contribution in [0.25, 0.3) is 0 Å². The molecule has 0 unspecified atom stereocenters. The third kappa shape index (κ3) is 3.38. The lowest BCUT2D eigenvalue weighted by Crippen LogP contribution is -2.44. The summed E-state index contributed by atoms with van der Waals surface area (Å²) in [6.07, 6.45) is 4.65. The number of halogens is 1. The highest BCUT2D eigenvalue weighted by Gasteiger charge is 2.37. The summed E-state index contributed by atoms with van der Waals surface area (Å²) < 4.78 is 13.9. The van der Waals surface area contributed by atoms with E-state index in [4.69, 9.17) is 0 Å². The van der Waals surface area contributed by atoms with E-state index >= 15 is 0 Å². The summed E-state index contributed by atoms with van der Waals surface area (Å²) in [5.74, 6) is -0.602. The first-order chi connectivity index (χ1) is 11.1. The number of carbonyl (C=O) groups excluding carboxylic acids is 2. The zero-order chi connectivity index (χ0) is 16.4. The molecule has 5 heteroatoms. The van der Waals surface area contributed by atoms with Gasteiger partial charge in [0.2, 0.25) is 11.8 Å². The fraction of sp³-hybridized carbons (Fsp3) is 0.556. The van der Waals surface area contributed by atoms with Crippen LogP contribution < -0.4 is 10.2 Å². The van der Waals surface area contributed by atoms with Crippen molar-refractivity contribution < 1.29 is 14.0 Å². The highest BCUT2D eigenvalue weighted by molar-refractivity contribution is 6.00. The van der Waals surface area contributed by atoms with Gasteiger partial charge < -0.3 is 10.2 Å². The molecule has 23 heavy (non-hydrogen) atoms. The molecule has 3 atom stereocenters. The van der Waals surface area contributed by atoms with Gasteiger partial charge in [-0.1, -0.05) is 31.9 Å². The second-order valence-corrected chi connectivity index (χ2v) is 6.73. The maximum absolute atomic E-state index is 13.9. The fourth-order valence-corrected chi connectivity index (χ4v) is 3.62. The van der Waals surface area contributed by atoms with Crippen molar-refractivity contribution in [2.45, 2.75) is 45.1 Å². The van der Waals surface area contributed by atoms with Gasteiger partial charge in [-0.25, -0.2) is 4.39 Å². The Bertz CT molecular complexity index is 604. The summed E-state index contributed by atoms with van der Waals surface area (Å²) >= 11 is 0. The Hall–Kier alpha value is -1.91. The van der Waals surface area contributed by atoms with Crippen molar-refractivity contribution in [3.05, 3.63) is 30.1 Å². The van der Waals surface area contributed by atoms with Crippen LogP contribution in [0.3, 0.4) is 0 Å². The van der Waals surface area contributed by atoms with Gasteiger partial charge in [0.15, 0.2) is 0 Å². The molecule has 124 valence electrons. The van der Waals surface area contributed by atoms with Crippen LogP contribution in [0.1, 0.15) is 39.0 Å². The van der Waals surface area contributed by atoms with Crippen molar-refractivity contribution in [1.82, 2.24) is 5.32 Å². The molecule has 1 saturated heterocycles. The van der Waals surface area contributed by atoms with E-state index in [2.05, 4.69) is 12.2 Å². The monoisotopic (exact) mass is 318 g/mol. The van der Waals surface area contributed by atoms with E-state index in [1.807, 2.05) is 0 Å². The highest BCUT2D eigenvalue weighted by atomic mass is 19.1. The van der Waals surface area contributed by atoms with Crippen molar-refractivity contribution in [3.8, 4) is 0 Å². The fourth-order valence-electron chi connectivity index (χ4n) is 3.62. The normalized spacial score (nSPS) is 28.0. The molecule has 0 spiro atoms. The Balaban J connectivity index is 1.65. The number of para-hydroxylation sites is 1. The topological polar surface area (TPSA) is 49.4 Å². The number of anilines is 1. The molecule has 1 aromatic rings. The van der Waals surface area contributed by atoms with Crippen molar-refractivity contribution in [1.29, 1.82) is 0 Å². The van der Waals surface area contributed by atoms with Gasteiger partial charge in [-0.15, -0.1) is 0 Å². The van der Waals surface area contributed by atoms with Gasteiger partial charge in [-0.05, 0) is 30.9 Å². The van der Waals surface area contributed by atoms with E-state index < -0.39 is 11.7 Å². The van der Waals surface area contributed by atoms with Gasteiger partial charge in [0.1, 0.15) is 5.82 Å². The number of nitrogens with one attached hydrogen (secondary N) is 1. The van der Waals surface area contributed by atoms with Crippen LogP contribution in [-0.2, 0) is 9.59 Å². The molecule has 0 aromatic heterocycles. The third-order valence-corrected chi connectivity index (χ3v) is 5.08. The average molecular weight is 318 g/mol. The number of nitrogens with zero attached hydrogens (tertiary/aromatic N) is 1. The SMILES string of the molecule is C[C@@H]1CCCC[C@@H]1NC(=O)[C@H]1CC(=O)N(c2ccccc2F)C1. The lowest BCUT2D eigenvalue weighted by atomic mass is 9.85. The van der Waals surface area contributed by atoms with Crippen LogP contribution in [0.15, 0.2) is 24.3 Å². The van der Waals surface area contributed by atoms with Gasteiger partial charge in [0, 0.05) is 19.0 Å². The zero-order valence-electron chi connectivity index (χ0n) is 13.4. The molecular formula is C18H23FN2O2. The minimum atomic E-state index is -0.428. The highest BCUT2D eigenvalue weighted by Crippen LogP contribution is 2.28. The van der Waals surface area contributed by atoms with E-state index in [9.17, 15) is 14.0 Å². The Morgan fingerprint density at radius 1 is 1.26 bits per heavy atom. The molecule has 1 heterocycles. The molecule has 2 aliphatic rings. The summed E-state index contributed by atoms with van der Waals surface area (Å²) in [6, 6.07) is 6.40. The smallest absolute Gasteiger partial charge is 0.227 e. The predicted molar refractivity (Wildman–Crippen MR) is 86.4 cm³/mol. The Morgan fingerprint density at radius 3 is 2.74 bits per heavy atom. The maximum atomic E-state index is 13.9. The molecule has 4 nitrogen and oxygen atoms in total. The number of benzene rings is 1. The van der Waals surface area contributed by atoms with Crippen LogP contribution in [0, 0.1) is 17.7 Å². The van der Waals surface area contributed by atoms with Crippen LogP contribution in [0.4, 0.5) is 10.1 Å². The number of hydrogen-bond donors (Lipinski definition) is 1. The Morgan fingerprint density at radius 2 is 2.00 bits per heavy atom. The molecule has 1 aliphatic heterocycles. The molecule has 2 amide bonds. The van der Waals surface area contributed by atoms with E-state index in [1.165, 1.54) is 17.4 Å². The number of hydrogen-bond acceptors (Lipinski definition) is 2. The van der Waals surface area contributed by atoms with Crippen LogP contribution in [-0.4, -0.2) is 24.4 Å². The summed E-state index contributed by atoms with van der Waals surface area (Å²) in [5.41, 5.74) is 0.263. The van der Waals surface area contributed by atoms with Gasteiger partial charge >= 0.3 is 0 Å². The summed E-state index contributed by atoms with van der Waals surface area (Å²) in [4.78, 5) is 26.1. The molecule has 1 saturated carbocycles. The second kappa shape index (κ2) is 6.69. The molecule has 1 N–H and O–H groups in total. The first kappa shape index (κ1) is 16.0. The average Bonchev–Trinajstić information content (AvgIpc) is 2.92. The van der Waals surface area contributed by atoms with Gasteiger partial charge in [-0.3, -0.25) is 9.59 Å². The van der Waals surface area contributed by atoms with E-state index in [0.29, 0.717) is 5.92 Å². The lowest BCUT2D eigenvalue weighted by Gasteiger charge is -2.30. The lowest BCUT2D eigenvalue weighted by molar-refractivity contribution is -0.127. The van der Waals surface area contributed by atoms with Crippen molar-refractivity contribution >= 4 is 17.5 Å². The van der Waals surface area contributed by atoms with Crippen LogP contribution >= 0.6 is 0 Å². The zero-order valence-corrected chi connectivity index (χ0v) is 13.4. The summed E-state index contributed by atoms with van der Waals surface area (Å²) in [7, 11) is 0. The minimum Gasteiger partial charge on any atom is -0.353 e. The van der Waals surface area contributed by atoms with E-state index in [1.54, 1.807) is 18.2 Å². The number of rotatable bonds is 3.